The van der Waals surface area contributed by atoms with E-state index in [4.69, 9.17) is 16.3 Å². The van der Waals surface area contributed by atoms with Crippen LogP contribution in [0.3, 0.4) is 0 Å². The second-order valence-corrected chi connectivity index (χ2v) is 14.1. The van der Waals surface area contributed by atoms with Crippen LogP contribution in [0.1, 0.15) is 31.4 Å². The van der Waals surface area contributed by atoms with Crippen molar-refractivity contribution >= 4 is 55.1 Å². The Kier molecular flexibility index (Phi) is 12.3. The van der Waals surface area contributed by atoms with E-state index in [9.17, 15) is 18.0 Å². The largest absolute Gasteiger partial charge is 0.497 e. The zero-order valence-corrected chi connectivity index (χ0v) is 29.1. The van der Waals surface area contributed by atoms with Gasteiger partial charge in [0.2, 0.25) is 11.8 Å². The van der Waals surface area contributed by atoms with Crippen molar-refractivity contribution in [1.29, 1.82) is 0 Å². The molecule has 0 heterocycles. The topological polar surface area (TPSA) is 96.0 Å². The lowest BCUT2D eigenvalue weighted by Crippen LogP contribution is -2.54. The fraction of sp³-hybridized carbons (Fsp3) is 0.257. The quantitative estimate of drug-likeness (QED) is 0.153. The van der Waals surface area contributed by atoms with E-state index in [1.807, 2.05) is 68.4 Å². The van der Waals surface area contributed by atoms with Gasteiger partial charge in [-0.2, -0.15) is 0 Å². The number of nitrogens with zero attached hydrogens (tertiary/aromatic N) is 2. The maximum Gasteiger partial charge on any atom is 0.264 e. The molecule has 0 saturated carbocycles. The third kappa shape index (κ3) is 9.11. The number of carbonyl (C=O) groups is 2. The Morgan fingerprint density at radius 3 is 2.22 bits per heavy atom. The molecular weight excluding hydrogens is 690 g/mol. The molecule has 1 N–H and O–H groups in total. The highest BCUT2D eigenvalue weighted by Crippen LogP contribution is 2.28. The molecule has 0 bridgehead atoms. The van der Waals surface area contributed by atoms with Crippen molar-refractivity contribution in [3.8, 4) is 5.75 Å². The van der Waals surface area contributed by atoms with E-state index in [1.54, 1.807) is 30.3 Å². The van der Waals surface area contributed by atoms with Crippen LogP contribution < -0.4 is 14.4 Å². The highest BCUT2D eigenvalue weighted by Gasteiger charge is 2.35. The predicted molar refractivity (Wildman–Crippen MR) is 185 cm³/mol. The van der Waals surface area contributed by atoms with Crippen LogP contribution >= 0.6 is 27.5 Å². The summed E-state index contributed by atoms with van der Waals surface area (Å²) in [6.07, 6.45) is 0.928. The molecule has 242 valence electrons. The molecule has 2 atom stereocenters. The van der Waals surface area contributed by atoms with Crippen LogP contribution in [-0.4, -0.2) is 50.9 Å². The minimum atomic E-state index is -4.27. The zero-order valence-electron chi connectivity index (χ0n) is 25.9. The van der Waals surface area contributed by atoms with Crippen LogP contribution in [0, 0.1) is 0 Å². The molecule has 0 fully saturated rings. The summed E-state index contributed by atoms with van der Waals surface area (Å²) in [6.45, 7) is 3.36. The number of methoxy groups -OCH3 is 1. The number of benzene rings is 4. The van der Waals surface area contributed by atoms with Gasteiger partial charge < -0.3 is 15.0 Å². The SMILES string of the molecule is CC[C@H](C)NC(=O)[C@H](Cc1ccccc1)N(Cc1cccc(Br)c1)C(=O)CN(c1cccc(Cl)c1)S(=O)(=O)c1ccc(OC)cc1. The Morgan fingerprint density at radius 1 is 0.913 bits per heavy atom. The highest BCUT2D eigenvalue weighted by molar-refractivity contribution is 9.10. The van der Waals surface area contributed by atoms with Gasteiger partial charge in [0.1, 0.15) is 18.3 Å². The Morgan fingerprint density at radius 2 is 1.59 bits per heavy atom. The van der Waals surface area contributed by atoms with E-state index in [1.165, 1.54) is 30.2 Å². The zero-order chi connectivity index (χ0) is 33.3. The van der Waals surface area contributed by atoms with Gasteiger partial charge in [-0.15, -0.1) is 0 Å². The molecular formula is C35H37BrClN3O5S. The number of hydrogen-bond donors (Lipinski definition) is 1. The Bertz CT molecular complexity index is 1740. The normalized spacial score (nSPS) is 12.5. The fourth-order valence-electron chi connectivity index (χ4n) is 4.86. The third-order valence-electron chi connectivity index (χ3n) is 7.54. The molecule has 0 aliphatic rings. The van der Waals surface area contributed by atoms with E-state index in [-0.39, 0.29) is 35.5 Å². The third-order valence-corrected chi connectivity index (χ3v) is 10.1. The Balaban J connectivity index is 1.81. The summed E-state index contributed by atoms with van der Waals surface area (Å²) in [5.74, 6) is -0.397. The molecule has 0 aliphatic heterocycles. The molecule has 0 radical (unpaired) electrons. The number of anilines is 1. The van der Waals surface area contributed by atoms with Gasteiger partial charge in [-0.3, -0.25) is 13.9 Å². The molecule has 46 heavy (non-hydrogen) atoms. The Labute approximate surface area is 284 Å². The number of rotatable bonds is 14. The van der Waals surface area contributed by atoms with Crippen molar-refractivity contribution in [3.05, 3.63) is 124 Å². The molecule has 11 heteroatoms. The molecule has 4 aromatic carbocycles. The van der Waals surface area contributed by atoms with Gasteiger partial charge in [-0.1, -0.05) is 83.0 Å². The summed E-state index contributed by atoms with van der Waals surface area (Å²) < 4.78 is 35.4. The van der Waals surface area contributed by atoms with E-state index in [2.05, 4.69) is 21.2 Å². The van der Waals surface area contributed by atoms with Crippen molar-refractivity contribution in [2.45, 2.75) is 50.2 Å². The van der Waals surface area contributed by atoms with Crippen molar-refractivity contribution in [1.82, 2.24) is 10.2 Å². The lowest BCUT2D eigenvalue weighted by Gasteiger charge is -2.34. The van der Waals surface area contributed by atoms with E-state index in [0.717, 1.165) is 19.9 Å². The summed E-state index contributed by atoms with van der Waals surface area (Å²) in [5, 5.41) is 3.34. The molecule has 0 saturated heterocycles. The number of ether oxygens (including phenoxy) is 1. The van der Waals surface area contributed by atoms with E-state index in [0.29, 0.717) is 17.2 Å². The van der Waals surface area contributed by atoms with E-state index >= 15 is 0 Å². The van der Waals surface area contributed by atoms with Crippen LogP contribution in [0.2, 0.25) is 5.02 Å². The molecule has 0 aromatic heterocycles. The van der Waals surface area contributed by atoms with Crippen molar-refractivity contribution in [2.24, 2.45) is 0 Å². The molecule has 4 rings (SSSR count). The first-order valence-electron chi connectivity index (χ1n) is 14.8. The average Bonchev–Trinajstić information content (AvgIpc) is 3.05. The van der Waals surface area contributed by atoms with Gasteiger partial charge in [0.15, 0.2) is 0 Å². The first kappa shape index (κ1) is 35.0. The second kappa shape index (κ2) is 16.1. The van der Waals surface area contributed by atoms with Crippen molar-refractivity contribution in [3.63, 3.8) is 0 Å². The predicted octanol–water partition coefficient (Wildman–Crippen LogP) is 6.86. The number of halogens is 2. The van der Waals surface area contributed by atoms with Gasteiger partial charge in [-0.05, 0) is 79.1 Å². The standard InChI is InChI=1S/C35H37BrClN3O5S/c1-4-25(2)38-35(42)33(21-26-10-6-5-7-11-26)39(23-27-12-8-13-28(36)20-27)34(41)24-40(30-15-9-14-29(37)22-30)46(43,44)32-18-16-31(45-3)17-19-32/h5-20,22,25,33H,4,21,23-24H2,1-3H3,(H,38,42)/t25-,33-/m0/s1. The smallest absolute Gasteiger partial charge is 0.264 e. The monoisotopic (exact) mass is 725 g/mol. The summed E-state index contributed by atoms with van der Waals surface area (Å²) in [6, 6.07) is 28.1. The number of sulfonamides is 1. The minimum Gasteiger partial charge on any atom is -0.497 e. The van der Waals surface area contributed by atoms with Crippen molar-refractivity contribution in [2.75, 3.05) is 18.0 Å². The molecule has 2 amide bonds. The van der Waals surface area contributed by atoms with Gasteiger partial charge in [-0.25, -0.2) is 8.42 Å². The lowest BCUT2D eigenvalue weighted by molar-refractivity contribution is -0.140. The number of hydrogen-bond acceptors (Lipinski definition) is 5. The van der Waals surface area contributed by atoms with Gasteiger partial charge in [0.05, 0.1) is 17.7 Å². The number of amides is 2. The molecule has 0 unspecified atom stereocenters. The first-order chi connectivity index (χ1) is 22.0. The maximum absolute atomic E-state index is 14.5. The van der Waals surface area contributed by atoms with Crippen LogP contribution in [0.4, 0.5) is 5.69 Å². The average molecular weight is 727 g/mol. The lowest BCUT2D eigenvalue weighted by atomic mass is 10.0. The van der Waals surface area contributed by atoms with Crippen LogP contribution in [0.5, 0.6) is 5.75 Å². The summed E-state index contributed by atoms with van der Waals surface area (Å²) in [5.41, 5.74) is 1.84. The second-order valence-electron chi connectivity index (χ2n) is 10.8. The first-order valence-corrected chi connectivity index (χ1v) is 17.4. The summed E-state index contributed by atoms with van der Waals surface area (Å²) in [7, 11) is -2.78. The molecule has 8 nitrogen and oxygen atoms in total. The maximum atomic E-state index is 14.5. The van der Waals surface area contributed by atoms with Crippen LogP contribution in [0.25, 0.3) is 0 Å². The van der Waals surface area contributed by atoms with Gasteiger partial charge >= 0.3 is 0 Å². The number of nitrogens with one attached hydrogen (secondary N) is 1. The summed E-state index contributed by atoms with van der Waals surface area (Å²) >= 11 is 9.80. The molecule has 0 aliphatic carbocycles. The van der Waals surface area contributed by atoms with E-state index < -0.39 is 28.5 Å². The number of carbonyl (C=O) groups excluding carboxylic acids is 2. The Hall–Kier alpha value is -3.86. The molecule has 4 aromatic rings. The van der Waals surface area contributed by atoms with Gasteiger partial charge in [0, 0.05) is 28.5 Å². The van der Waals surface area contributed by atoms with Crippen LogP contribution in [0.15, 0.2) is 112 Å². The minimum absolute atomic E-state index is 0.0324. The van der Waals surface area contributed by atoms with Crippen molar-refractivity contribution < 1.29 is 22.7 Å². The molecule has 0 spiro atoms. The fourth-order valence-corrected chi connectivity index (χ4v) is 6.90. The highest BCUT2D eigenvalue weighted by atomic mass is 79.9. The van der Waals surface area contributed by atoms with Crippen LogP contribution in [-0.2, 0) is 32.6 Å². The summed E-state index contributed by atoms with van der Waals surface area (Å²) in [4.78, 5) is 29.9. The van der Waals surface area contributed by atoms with Gasteiger partial charge in [0.25, 0.3) is 10.0 Å².